The zero-order chi connectivity index (χ0) is 46.2. The van der Waals surface area contributed by atoms with Gasteiger partial charge < -0.3 is 20.4 Å². The number of anilines is 3. The fraction of sp³-hybridized carbons (Fsp3) is 0.510. The van der Waals surface area contributed by atoms with Crippen molar-refractivity contribution in [3.63, 3.8) is 0 Å². The number of amides is 3. The maximum atomic E-state index is 15.4. The first-order valence-corrected chi connectivity index (χ1v) is 24.0. The third-order valence-electron chi connectivity index (χ3n) is 15.2. The Hall–Kier alpha value is -6.48. The average molecular weight is 914 g/mol. The van der Waals surface area contributed by atoms with Gasteiger partial charge in [-0.3, -0.25) is 29.3 Å². The fourth-order valence-corrected chi connectivity index (χ4v) is 10.8. The number of carbonyl (C=O) groups excluding carboxylic acids is 3. The summed E-state index contributed by atoms with van der Waals surface area (Å²) in [6.45, 7) is 6.82. The first kappa shape index (κ1) is 44.4. The number of rotatable bonds is 12. The largest absolute Gasteiger partial charge is 0.373 e. The van der Waals surface area contributed by atoms with Gasteiger partial charge in [-0.05, 0) is 101 Å². The molecule has 3 N–H and O–H groups in total. The lowest BCUT2D eigenvalue weighted by Gasteiger charge is -2.42. The third-order valence-corrected chi connectivity index (χ3v) is 15.2. The first-order valence-electron chi connectivity index (χ1n) is 24.0. The number of nitrogens with one attached hydrogen (secondary N) is 3. The number of nitriles is 1. The summed E-state index contributed by atoms with van der Waals surface area (Å²) in [4.78, 5) is 53.4. The van der Waals surface area contributed by atoms with Crippen molar-refractivity contribution in [2.75, 3.05) is 54.4 Å². The second-order valence-electron chi connectivity index (χ2n) is 19.2. The number of benzene rings is 1. The number of fused-ring (bicyclic) bond motifs is 1. The molecule has 5 aliphatic rings. The number of carbonyl (C=O) groups is 3. The van der Waals surface area contributed by atoms with Gasteiger partial charge in [0.05, 0.1) is 35.4 Å². The molecule has 16 nitrogen and oxygen atoms in total. The van der Waals surface area contributed by atoms with Crippen LogP contribution >= 0.6 is 0 Å². The second kappa shape index (κ2) is 18.7. The van der Waals surface area contributed by atoms with Crippen LogP contribution in [0.15, 0.2) is 55.2 Å². The van der Waals surface area contributed by atoms with Gasteiger partial charge in [-0.25, -0.2) is 23.3 Å². The van der Waals surface area contributed by atoms with Crippen LogP contribution in [0.25, 0.3) is 28.0 Å². The van der Waals surface area contributed by atoms with Gasteiger partial charge in [-0.2, -0.15) is 15.5 Å². The molecule has 1 unspecified atom stereocenters. The molecule has 2 aliphatic carbocycles. The minimum absolute atomic E-state index is 0.0518. The Kier molecular flexibility index (Phi) is 12.4. The number of hydrogen-bond acceptors (Lipinski definition) is 12. The van der Waals surface area contributed by atoms with Gasteiger partial charge >= 0.3 is 0 Å². The highest BCUT2D eigenvalue weighted by Gasteiger charge is 2.41. The molecule has 5 aromatic rings. The molecule has 18 heteroatoms. The van der Waals surface area contributed by atoms with E-state index in [1.165, 1.54) is 18.6 Å². The van der Waals surface area contributed by atoms with Gasteiger partial charge in [0.2, 0.25) is 17.7 Å². The van der Waals surface area contributed by atoms with Gasteiger partial charge in [-0.1, -0.05) is 6.92 Å². The molecule has 5 fully saturated rings. The molecule has 0 radical (unpaired) electrons. The van der Waals surface area contributed by atoms with E-state index in [1.807, 2.05) is 41.6 Å². The summed E-state index contributed by atoms with van der Waals surface area (Å²) in [6, 6.07) is 8.72. The van der Waals surface area contributed by atoms with E-state index in [4.69, 9.17) is 15.1 Å². The fourth-order valence-electron chi connectivity index (χ4n) is 10.8. The highest BCUT2D eigenvalue weighted by Crippen LogP contribution is 2.38. The molecule has 1 atom stereocenters. The van der Waals surface area contributed by atoms with Crippen molar-refractivity contribution in [3.8, 4) is 28.6 Å². The Bertz CT molecular complexity index is 2660. The number of piperazine rings is 1. The van der Waals surface area contributed by atoms with Crippen LogP contribution in [0.5, 0.6) is 0 Å². The van der Waals surface area contributed by atoms with E-state index in [1.54, 1.807) is 15.6 Å². The minimum Gasteiger partial charge on any atom is -0.373 e. The SMILES string of the molecule is CCC1(C(=O)NC2CCC2)CCN(c2ccc(-c3nc(-c4cnn(CC5CCC(N6CCN(c7c(F)cc(NC8CCC(=O)NC8=O)cc7F)CC6)CC5)c4)cn4ncc(C#N)c34)cn2)CC1. The Labute approximate surface area is 388 Å². The molecule has 0 bridgehead atoms. The highest BCUT2D eigenvalue weighted by molar-refractivity contribution is 6.01. The molecular formula is C49H57F2N13O3. The number of nitrogens with zero attached hydrogens (tertiary/aromatic N) is 10. The summed E-state index contributed by atoms with van der Waals surface area (Å²) >= 11 is 0. The smallest absolute Gasteiger partial charge is 0.249 e. The van der Waals surface area contributed by atoms with Crippen molar-refractivity contribution in [1.82, 2.24) is 44.9 Å². The number of imide groups is 1. The van der Waals surface area contributed by atoms with E-state index in [2.05, 4.69) is 43.8 Å². The molecule has 7 heterocycles. The van der Waals surface area contributed by atoms with Crippen LogP contribution in [0, 0.1) is 34.3 Å². The van der Waals surface area contributed by atoms with Crippen LogP contribution in [0.4, 0.5) is 26.0 Å². The predicted molar refractivity (Wildman–Crippen MR) is 248 cm³/mol. The monoisotopic (exact) mass is 913 g/mol. The number of aromatic nitrogens is 6. The molecule has 67 heavy (non-hydrogen) atoms. The lowest BCUT2D eigenvalue weighted by molar-refractivity contribution is -0.134. The second-order valence-corrected chi connectivity index (χ2v) is 19.2. The maximum absolute atomic E-state index is 15.4. The molecule has 3 amide bonds. The Morgan fingerprint density at radius 1 is 0.896 bits per heavy atom. The van der Waals surface area contributed by atoms with Crippen molar-refractivity contribution in [2.45, 2.75) is 109 Å². The van der Waals surface area contributed by atoms with Gasteiger partial charge in [0, 0.05) is 93.5 Å². The number of pyridine rings is 1. The summed E-state index contributed by atoms with van der Waals surface area (Å²) in [7, 11) is 0. The maximum Gasteiger partial charge on any atom is 0.249 e. The lowest BCUT2D eigenvalue weighted by Crippen LogP contribution is -2.52. The normalized spacial score (nSPS) is 22.6. The molecule has 10 rings (SSSR count). The van der Waals surface area contributed by atoms with Crippen LogP contribution in [0.2, 0.25) is 0 Å². The van der Waals surface area contributed by atoms with Crippen molar-refractivity contribution in [2.24, 2.45) is 11.3 Å². The van der Waals surface area contributed by atoms with Crippen LogP contribution in [0.3, 0.4) is 0 Å². The zero-order valence-corrected chi connectivity index (χ0v) is 37.9. The number of piperidine rings is 2. The molecule has 3 aliphatic heterocycles. The van der Waals surface area contributed by atoms with Gasteiger partial charge in [0.15, 0.2) is 11.6 Å². The van der Waals surface area contributed by atoms with Crippen LogP contribution < -0.4 is 25.8 Å². The lowest BCUT2D eigenvalue weighted by atomic mass is 9.74. The Balaban J connectivity index is 0.740. The van der Waals surface area contributed by atoms with Gasteiger partial charge in [0.25, 0.3) is 0 Å². The number of halogens is 2. The van der Waals surface area contributed by atoms with E-state index in [0.29, 0.717) is 66.6 Å². The average Bonchev–Trinajstić information content (AvgIpc) is 3.98. The summed E-state index contributed by atoms with van der Waals surface area (Å²) in [5.74, 6) is -0.710. The minimum atomic E-state index is -0.727. The molecular weight excluding hydrogens is 857 g/mol. The molecule has 350 valence electrons. The Morgan fingerprint density at radius 2 is 1.66 bits per heavy atom. The number of hydrogen-bond donors (Lipinski definition) is 3. The summed E-state index contributed by atoms with van der Waals surface area (Å²) in [5, 5.41) is 27.7. The van der Waals surface area contributed by atoms with Gasteiger partial charge in [0.1, 0.15) is 34.7 Å². The van der Waals surface area contributed by atoms with E-state index < -0.39 is 23.6 Å². The summed E-state index contributed by atoms with van der Waals surface area (Å²) in [5.41, 5.74) is 3.73. The topological polar surface area (TPSA) is 182 Å². The quantitative estimate of drug-likeness (QED) is 0.123. The zero-order valence-electron chi connectivity index (χ0n) is 37.9. The van der Waals surface area contributed by atoms with Crippen LogP contribution in [-0.2, 0) is 20.9 Å². The molecule has 1 aromatic carbocycles. The van der Waals surface area contributed by atoms with Crippen LogP contribution in [-0.4, -0.2) is 109 Å². The molecule has 2 saturated carbocycles. The third kappa shape index (κ3) is 9.05. The Morgan fingerprint density at radius 3 is 2.31 bits per heavy atom. The van der Waals surface area contributed by atoms with Crippen molar-refractivity contribution in [1.29, 1.82) is 5.26 Å². The first-order chi connectivity index (χ1) is 32.6. The van der Waals surface area contributed by atoms with Crippen LogP contribution in [0.1, 0.15) is 89.5 Å². The predicted octanol–water partition coefficient (Wildman–Crippen LogP) is 6.07. The highest BCUT2D eigenvalue weighted by atomic mass is 19.1. The molecule has 4 aromatic heterocycles. The van der Waals surface area contributed by atoms with E-state index in [-0.39, 0.29) is 41.4 Å². The van der Waals surface area contributed by atoms with E-state index in [9.17, 15) is 19.6 Å². The summed E-state index contributed by atoms with van der Waals surface area (Å²) in [6.07, 6.45) is 19.4. The van der Waals surface area contributed by atoms with Crippen molar-refractivity contribution >= 4 is 40.4 Å². The summed E-state index contributed by atoms with van der Waals surface area (Å²) < 4.78 is 34.4. The standard InChI is InChI=1S/C49H57F2N13O3/c1-2-49(48(67)57-35-4-3-5-35)14-16-61(17-15-49)42-12-8-32(25-53-42)44-45-33(24-52)26-55-64(45)30-41(58-44)34-27-54-63(29-34)28-31-6-9-37(10-7-31)60-18-20-62(21-19-60)46-38(50)22-36(23-39(46)51)56-40-11-13-43(65)59-47(40)66/h8,12,22-23,25-27,29-31,35,37,40,56H,2-7,9-11,13-21,28H2,1H3,(H,57,67)(H,59,65,66). The molecule has 0 spiro atoms. The molecule has 3 saturated heterocycles. The van der Waals surface area contributed by atoms with Gasteiger partial charge in [-0.15, -0.1) is 0 Å². The van der Waals surface area contributed by atoms with E-state index >= 15 is 8.78 Å². The van der Waals surface area contributed by atoms with Crippen molar-refractivity contribution < 1.29 is 23.2 Å². The van der Waals surface area contributed by atoms with E-state index in [0.717, 1.165) is 94.4 Å². The van der Waals surface area contributed by atoms with Crippen molar-refractivity contribution in [3.05, 3.63) is 72.4 Å².